The first kappa shape index (κ1) is 30.6. The van der Waals surface area contributed by atoms with Crippen LogP contribution in [0.2, 0.25) is 5.02 Å². The average Bonchev–Trinajstić information content (AvgIpc) is 3.44. The van der Waals surface area contributed by atoms with Gasteiger partial charge in [-0.3, -0.25) is 4.79 Å². The van der Waals surface area contributed by atoms with E-state index in [0.29, 0.717) is 17.8 Å². The number of nitrogens with zero attached hydrogens (tertiary/aromatic N) is 6. The number of anilines is 1. The van der Waals surface area contributed by atoms with Gasteiger partial charge in [0.2, 0.25) is 0 Å². The quantitative estimate of drug-likeness (QED) is 0.291. The van der Waals surface area contributed by atoms with Gasteiger partial charge in [0, 0.05) is 47.1 Å². The molecule has 3 aromatic rings. The number of fused-ring (bicyclic) bond motifs is 2. The fraction of sp³-hybridized carbons (Fsp3) is 0.438. The summed E-state index contributed by atoms with van der Waals surface area (Å²) in [7, 11) is 2.04. The third kappa shape index (κ3) is 5.83. The molecule has 8 nitrogen and oxygen atoms in total. The van der Waals surface area contributed by atoms with Gasteiger partial charge in [-0.2, -0.15) is 15.2 Å². The molecule has 0 unspecified atom stereocenters. The molecule has 3 aliphatic rings. The van der Waals surface area contributed by atoms with Gasteiger partial charge < -0.3 is 19.4 Å². The summed E-state index contributed by atoms with van der Waals surface area (Å²) in [6.07, 6.45) is 4.02. The Labute approximate surface area is 264 Å². The molecule has 0 bridgehead atoms. The molecule has 0 aliphatic carbocycles. The van der Waals surface area contributed by atoms with E-state index in [2.05, 4.69) is 28.6 Å². The summed E-state index contributed by atoms with van der Waals surface area (Å²) >= 11 is 8.58. The first-order valence-corrected chi connectivity index (χ1v) is 16.2. The largest absolute Gasteiger partial charge is 0.462 e. The van der Waals surface area contributed by atoms with E-state index in [-0.39, 0.29) is 54.2 Å². The minimum Gasteiger partial charge on any atom is -0.462 e. The van der Waals surface area contributed by atoms with Crippen molar-refractivity contribution < 1.29 is 18.3 Å². The fourth-order valence-corrected chi connectivity index (χ4v) is 7.88. The molecule has 230 valence electrons. The average molecular weight is 639 g/mol. The lowest BCUT2D eigenvalue weighted by atomic mass is 9.98. The van der Waals surface area contributed by atoms with Crippen molar-refractivity contribution in [3.8, 4) is 23.2 Å². The maximum absolute atomic E-state index is 16.8. The molecule has 3 aliphatic heterocycles. The zero-order valence-electron chi connectivity index (χ0n) is 24.5. The molecule has 1 aromatic heterocycles. The lowest BCUT2D eigenvalue weighted by Crippen LogP contribution is -2.55. The standard InChI is InChI=1S/C32H33ClF2N6O2S/c1-19(34)31(42)41-14-13-40(17-21(41)10-11-36)30-24-16-25(33)26(23-9-3-6-20-7-5-15-44-29(20)23)27(35)28(24)37-32(38-30)43-18-22-8-4-12-39(22)2/h3,6,9,16,21-22H,1,4-5,7-8,10,12-15,17-18H2,2H3/t21-,22-/m0/s1. The van der Waals surface area contributed by atoms with Crippen LogP contribution in [-0.2, 0) is 11.2 Å². The number of thioether (sulfide) groups is 1. The highest BCUT2D eigenvalue weighted by atomic mass is 35.5. The second-order valence-corrected chi connectivity index (χ2v) is 13.0. The number of ether oxygens (including phenoxy) is 1. The molecule has 2 atom stereocenters. The lowest BCUT2D eigenvalue weighted by Gasteiger charge is -2.41. The number of aryl methyl sites for hydroxylation is 1. The molecule has 0 saturated carbocycles. The van der Waals surface area contributed by atoms with Gasteiger partial charge in [-0.1, -0.05) is 36.4 Å². The Balaban J connectivity index is 1.45. The molecular weight excluding hydrogens is 606 g/mol. The van der Waals surface area contributed by atoms with Crippen LogP contribution >= 0.6 is 23.4 Å². The molecule has 2 saturated heterocycles. The first-order valence-electron chi connectivity index (χ1n) is 14.8. The summed E-state index contributed by atoms with van der Waals surface area (Å²) in [6.45, 7) is 5.03. The third-order valence-corrected chi connectivity index (χ3v) is 10.3. The molecular formula is C32H33ClF2N6O2S. The number of rotatable bonds is 7. The van der Waals surface area contributed by atoms with Gasteiger partial charge in [0.05, 0.1) is 23.6 Å². The summed E-state index contributed by atoms with van der Waals surface area (Å²) < 4.78 is 36.7. The normalized spacial score (nSPS) is 20.4. The Hall–Kier alpha value is -3.46. The minimum absolute atomic E-state index is 0.0219. The van der Waals surface area contributed by atoms with Gasteiger partial charge >= 0.3 is 6.01 Å². The predicted octanol–water partition coefficient (Wildman–Crippen LogP) is 6.01. The molecule has 1 amide bonds. The molecule has 2 aromatic carbocycles. The van der Waals surface area contributed by atoms with Crippen molar-refractivity contribution in [1.29, 1.82) is 5.26 Å². The number of carbonyl (C=O) groups is 1. The molecule has 4 heterocycles. The van der Waals surface area contributed by atoms with E-state index >= 15 is 4.39 Å². The van der Waals surface area contributed by atoms with Crippen molar-refractivity contribution in [2.24, 2.45) is 0 Å². The van der Waals surface area contributed by atoms with Gasteiger partial charge in [-0.05, 0) is 56.7 Å². The molecule has 2 fully saturated rings. The van der Waals surface area contributed by atoms with Crippen molar-refractivity contribution in [3.63, 3.8) is 0 Å². The van der Waals surface area contributed by atoms with Gasteiger partial charge in [0.25, 0.3) is 5.91 Å². The van der Waals surface area contributed by atoms with E-state index in [1.54, 1.807) is 17.8 Å². The van der Waals surface area contributed by atoms with Gasteiger partial charge in [-0.15, -0.1) is 11.8 Å². The van der Waals surface area contributed by atoms with Crippen LogP contribution < -0.4 is 9.64 Å². The minimum atomic E-state index is -1.08. The van der Waals surface area contributed by atoms with Crippen LogP contribution in [-0.4, -0.2) is 83.3 Å². The van der Waals surface area contributed by atoms with Crippen LogP contribution in [0.4, 0.5) is 14.6 Å². The number of likely N-dealkylation sites (tertiary alicyclic amines) is 1. The van der Waals surface area contributed by atoms with Crippen molar-refractivity contribution >= 4 is 46.0 Å². The van der Waals surface area contributed by atoms with Crippen LogP contribution in [0.15, 0.2) is 41.6 Å². The number of benzene rings is 2. The number of hydrogen-bond acceptors (Lipinski definition) is 8. The number of hydrogen-bond donors (Lipinski definition) is 0. The highest BCUT2D eigenvalue weighted by Gasteiger charge is 2.34. The van der Waals surface area contributed by atoms with Gasteiger partial charge in [0.1, 0.15) is 17.9 Å². The summed E-state index contributed by atoms with van der Waals surface area (Å²) in [5.74, 6) is -1.15. The molecule has 0 spiro atoms. The second kappa shape index (κ2) is 12.9. The van der Waals surface area contributed by atoms with Crippen LogP contribution in [0, 0.1) is 17.1 Å². The summed E-state index contributed by atoms with van der Waals surface area (Å²) in [4.78, 5) is 28.2. The number of likely N-dealkylation sites (N-methyl/N-ethyl adjacent to an activating group) is 1. The monoisotopic (exact) mass is 638 g/mol. The maximum atomic E-state index is 16.8. The number of nitriles is 1. The van der Waals surface area contributed by atoms with Crippen molar-refractivity contribution in [2.45, 2.75) is 49.1 Å². The van der Waals surface area contributed by atoms with Crippen molar-refractivity contribution in [3.05, 3.63) is 53.1 Å². The van der Waals surface area contributed by atoms with Crippen LogP contribution in [0.5, 0.6) is 6.01 Å². The Kier molecular flexibility index (Phi) is 8.94. The van der Waals surface area contributed by atoms with Crippen molar-refractivity contribution in [1.82, 2.24) is 19.8 Å². The Morgan fingerprint density at radius 3 is 2.84 bits per heavy atom. The second-order valence-electron chi connectivity index (χ2n) is 11.5. The van der Waals surface area contributed by atoms with E-state index in [1.807, 2.05) is 24.1 Å². The number of aromatic nitrogens is 2. The van der Waals surface area contributed by atoms with Crippen LogP contribution in [0.25, 0.3) is 22.0 Å². The lowest BCUT2D eigenvalue weighted by molar-refractivity contribution is -0.131. The molecule has 6 rings (SSSR count). The summed E-state index contributed by atoms with van der Waals surface area (Å²) in [5.41, 5.74) is 2.28. The SMILES string of the molecule is C=C(F)C(=O)N1CCN(c2nc(OC[C@@H]3CCCN3C)nc3c(F)c(-c4cccc5c4SCCC5)c(Cl)cc23)C[C@@H]1CC#N. The van der Waals surface area contributed by atoms with E-state index in [0.717, 1.165) is 48.4 Å². The van der Waals surface area contributed by atoms with Crippen LogP contribution in [0.1, 0.15) is 31.2 Å². The number of amides is 1. The zero-order valence-corrected chi connectivity index (χ0v) is 26.1. The van der Waals surface area contributed by atoms with Crippen molar-refractivity contribution in [2.75, 3.05) is 50.5 Å². The van der Waals surface area contributed by atoms with E-state index in [9.17, 15) is 14.4 Å². The Morgan fingerprint density at radius 1 is 1.25 bits per heavy atom. The molecule has 0 N–H and O–H groups in total. The number of carbonyl (C=O) groups excluding carboxylic acids is 1. The maximum Gasteiger partial charge on any atom is 0.319 e. The molecule has 0 radical (unpaired) electrons. The molecule has 44 heavy (non-hydrogen) atoms. The predicted molar refractivity (Wildman–Crippen MR) is 168 cm³/mol. The summed E-state index contributed by atoms with van der Waals surface area (Å²) in [6, 6.07) is 9.28. The Morgan fingerprint density at radius 2 is 2.09 bits per heavy atom. The highest BCUT2D eigenvalue weighted by Crippen LogP contribution is 2.44. The van der Waals surface area contributed by atoms with Crippen LogP contribution in [0.3, 0.4) is 0 Å². The van der Waals surface area contributed by atoms with E-state index in [1.165, 1.54) is 10.5 Å². The third-order valence-electron chi connectivity index (χ3n) is 8.72. The zero-order chi connectivity index (χ0) is 31.0. The Bertz CT molecular complexity index is 1670. The topological polar surface area (TPSA) is 85.6 Å². The first-order chi connectivity index (χ1) is 21.3. The van der Waals surface area contributed by atoms with Gasteiger partial charge in [0.15, 0.2) is 11.6 Å². The highest BCUT2D eigenvalue weighted by molar-refractivity contribution is 7.99. The smallest absolute Gasteiger partial charge is 0.319 e. The molecule has 12 heteroatoms. The number of halogens is 3. The number of piperazine rings is 1. The van der Waals surface area contributed by atoms with E-state index in [4.69, 9.17) is 21.3 Å². The summed E-state index contributed by atoms with van der Waals surface area (Å²) in [5, 5.41) is 10.1. The van der Waals surface area contributed by atoms with E-state index < -0.39 is 23.6 Å². The van der Waals surface area contributed by atoms with Gasteiger partial charge in [-0.25, -0.2) is 8.78 Å². The fourth-order valence-electron chi connectivity index (χ4n) is 6.41.